The summed E-state index contributed by atoms with van der Waals surface area (Å²) in [4.78, 5) is 18.5. The quantitative estimate of drug-likeness (QED) is 0.723. The summed E-state index contributed by atoms with van der Waals surface area (Å²) in [7, 11) is 3.53. The molecule has 0 bridgehead atoms. The number of nitrogens with zero attached hydrogens (tertiary/aromatic N) is 3. The molecule has 1 N–H and O–H groups in total. The number of aromatic nitrogens is 2. The Morgan fingerprint density at radius 2 is 1.86 bits per heavy atom. The first-order chi connectivity index (χ1) is 13.4. The lowest BCUT2D eigenvalue weighted by atomic mass is 9.85. The Labute approximate surface area is 175 Å². The average molecular weight is 399 g/mol. The largest absolute Gasteiger partial charge is 0.337 e. The summed E-state index contributed by atoms with van der Waals surface area (Å²) < 4.78 is 2.46. The topological polar surface area (TPSA) is 50.2 Å². The van der Waals surface area contributed by atoms with Gasteiger partial charge in [0.25, 0.3) is 0 Å². The minimum Gasteiger partial charge on any atom is -0.337 e. The number of urea groups is 1. The number of benzene rings is 1. The predicted octanol–water partition coefficient (Wildman–Crippen LogP) is 4.87. The van der Waals surface area contributed by atoms with E-state index in [9.17, 15) is 4.79 Å². The minimum absolute atomic E-state index is 0.0236. The summed E-state index contributed by atoms with van der Waals surface area (Å²) in [6.07, 6.45) is 4.59. The van der Waals surface area contributed by atoms with E-state index in [2.05, 4.69) is 62.7 Å². The second-order valence-corrected chi connectivity index (χ2v) is 11.0. The smallest absolute Gasteiger partial charge is 0.316 e. The first kappa shape index (κ1) is 21.7. The van der Waals surface area contributed by atoms with E-state index in [1.54, 1.807) is 19.0 Å². The highest BCUT2D eigenvalue weighted by molar-refractivity contribution is 5.77. The molecule has 5 heteroatoms. The van der Waals surface area contributed by atoms with Gasteiger partial charge in [0.05, 0.1) is 11.0 Å². The van der Waals surface area contributed by atoms with Crippen molar-refractivity contribution >= 4 is 17.1 Å². The number of hydrogen-bond donors (Lipinski definition) is 1. The van der Waals surface area contributed by atoms with Crippen molar-refractivity contribution in [3.05, 3.63) is 29.6 Å². The molecule has 1 aliphatic carbocycles. The van der Waals surface area contributed by atoms with Gasteiger partial charge >= 0.3 is 6.03 Å². The van der Waals surface area contributed by atoms with Crippen LogP contribution in [0.15, 0.2) is 18.2 Å². The van der Waals surface area contributed by atoms with Crippen LogP contribution in [0.2, 0.25) is 0 Å². The monoisotopic (exact) mass is 398 g/mol. The van der Waals surface area contributed by atoms with Gasteiger partial charge in [-0.05, 0) is 53.7 Å². The van der Waals surface area contributed by atoms with Crippen LogP contribution in [-0.4, -0.2) is 41.1 Å². The molecular weight excluding hydrogens is 360 g/mol. The number of hydrogen-bond acceptors (Lipinski definition) is 2. The Morgan fingerprint density at radius 1 is 1.17 bits per heavy atom. The van der Waals surface area contributed by atoms with Crippen molar-refractivity contribution in [3.63, 3.8) is 0 Å². The van der Waals surface area contributed by atoms with Crippen LogP contribution < -0.4 is 5.32 Å². The number of amides is 2. The molecule has 1 saturated carbocycles. The molecule has 1 fully saturated rings. The zero-order valence-electron chi connectivity index (χ0n) is 19.3. The van der Waals surface area contributed by atoms with Crippen LogP contribution in [0.4, 0.5) is 4.79 Å². The van der Waals surface area contributed by atoms with Crippen molar-refractivity contribution in [3.8, 4) is 0 Å². The summed E-state index contributed by atoms with van der Waals surface area (Å²) in [5, 5.41) is 3.01. The summed E-state index contributed by atoms with van der Waals surface area (Å²) >= 11 is 0. The average Bonchev–Trinajstić information content (AvgIpc) is 3.34. The van der Waals surface area contributed by atoms with Crippen LogP contribution in [0.3, 0.4) is 0 Å². The maximum atomic E-state index is 11.9. The molecule has 0 atom stereocenters. The van der Waals surface area contributed by atoms with E-state index >= 15 is 0 Å². The first-order valence-corrected chi connectivity index (χ1v) is 10.9. The third-order valence-corrected chi connectivity index (χ3v) is 5.52. The van der Waals surface area contributed by atoms with Crippen molar-refractivity contribution in [1.82, 2.24) is 19.8 Å². The molecule has 5 nitrogen and oxygen atoms in total. The lowest BCUT2D eigenvalue weighted by molar-refractivity contribution is 0.210. The van der Waals surface area contributed by atoms with Crippen molar-refractivity contribution in [2.75, 3.05) is 20.6 Å². The molecule has 29 heavy (non-hydrogen) atoms. The molecule has 0 aliphatic heterocycles. The van der Waals surface area contributed by atoms with Gasteiger partial charge in [0.2, 0.25) is 0 Å². The molecule has 0 radical (unpaired) electrons. The minimum atomic E-state index is -0.0424. The molecule has 1 aromatic carbocycles. The van der Waals surface area contributed by atoms with Crippen LogP contribution in [-0.2, 0) is 19.4 Å². The van der Waals surface area contributed by atoms with Crippen molar-refractivity contribution < 1.29 is 4.79 Å². The summed E-state index contributed by atoms with van der Waals surface area (Å²) in [6, 6.07) is 6.70. The summed E-state index contributed by atoms with van der Waals surface area (Å²) in [5.41, 5.74) is 3.84. The standard InChI is InChI=1S/C24H38N4O/c1-23(2,3)14-21-26-19-12-18(10-11-20(19)28(21)15-17-8-9-17)13-24(4,5)16-25-22(29)27(6)7/h10-12,17H,8-9,13-16H2,1-7H3,(H,25,29). The van der Waals surface area contributed by atoms with Gasteiger partial charge in [-0.3, -0.25) is 0 Å². The maximum Gasteiger partial charge on any atom is 0.316 e. The molecule has 1 aromatic heterocycles. The van der Waals surface area contributed by atoms with Gasteiger partial charge in [-0.15, -0.1) is 0 Å². The van der Waals surface area contributed by atoms with Gasteiger partial charge in [0.15, 0.2) is 0 Å². The number of rotatable bonds is 7. The fourth-order valence-corrected chi connectivity index (χ4v) is 3.79. The SMILES string of the molecule is CN(C)C(=O)NCC(C)(C)Cc1ccc2c(c1)nc(CC(C)(C)C)n2CC1CC1. The Kier molecular flexibility index (Phi) is 5.98. The Bertz CT molecular complexity index is 869. The third kappa shape index (κ3) is 5.97. The van der Waals surface area contributed by atoms with E-state index in [0.717, 1.165) is 30.8 Å². The number of carbonyl (C=O) groups excluding carboxylic acids is 1. The Hall–Kier alpha value is -2.04. The van der Waals surface area contributed by atoms with Crippen molar-refractivity contribution in [2.24, 2.45) is 16.7 Å². The molecule has 0 unspecified atom stereocenters. The van der Waals surface area contributed by atoms with Crippen LogP contribution in [0, 0.1) is 16.7 Å². The zero-order chi connectivity index (χ0) is 21.4. The Balaban J connectivity index is 1.80. The van der Waals surface area contributed by atoms with Gasteiger partial charge in [-0.2, -0.15) is 0 Å². The molecule has 0 spiro atoms. The van der Waals surface area contributed by atoms with E-state index in [1.807, 2.05) is 0 Å². The zero-order valence-corrected chi connectivity index (χ0v) is 19.3. The lowest BCUT2D eigenvalue weighted by Gasteiger charge is -2.26. The number of fused-ring (bicyclic) bond motifs is 1. The van der Waals surface area contributed by atoms with E-state index in [4.69, 9.17) is 4.98 Å². The molecule has 0 saturated heterocycles. The highest BCUT2D eigenvalue weighted by atomic mass is 16.2. The van der Waals surface area contributed by atoms with Gasteiger partial charge in [0, 0.05) is 33.6 Å². The molecule has 3 rings (SSSR count). The molecule has 1 aliphatic rings. The van der Waals surface area contributed by atoms with Crippen LogP contribution in [0.5, 0.6) is 0 Å². The van der Waals surface area contributed by atoms with Gasteiger partial charge in [0.1, 0.15) is 5.82 Å². The van der Waals surface area contributed by atoms with Crippen LogP contribution >= 0.6 is 0 Å². The van der Waals surface area contributed by atoms with Gasteiger partial charge in [-0.1, -0.05) is 40.7 Å². The van der Waals surface area contributed by atoms with Crippen LogP contribution in [0.1, 0.15) is 58.8 Å². The van der Waals surface area contributed by atoms with Crippen molar-refractivity contribution in [2.45, 2.75) is 66.8 Å². The van der Waals surface area contributed by atoms with E-state index in [0.29, 0.717) is 6.54 Å². The highest BCUT2D eigenvalue weighted by Crippen LogP contribution is 2.34. The van der Waals surface area contributed by atoms with E-state index < -0.39 is 0 Å². The molecular formula is C24H38N4O. The predicted molar refractivity (Wildman–Crippen MR) is 120 cm³/mol. The van der Waals surface area contributed by atoms with E-state index in [1.165, 1.54) is 29.7 Å². The molecule has 2 amide bonds. The fourth-order valence-electron chi connectivity index (χ4n) is 3.79. The van der Waals surface area contributed by atoms with Gasteiger partial charge < -0.3 is 14.8 Å². The molecule has 1 heterocycles. The second kappa shape index (κ2) is 8.00. The highest BCUT2D eigenvalue weighted by Gasteiger charge is 2.26. The summed E-state index contributed by atoms with van der Waals surface area (Å²) in [5.74, 6) is 2.04. The fraction of sp³-hybridized carbons (Fsp3) is 0.667. The first-order valence-electron chi connectivity index (χ1n) is 10.9. The normalized spacial score (nSPS) is 15.0. The Morgan fingerprint density at radius 3 is 2.45 bits per heavy atom. The lowest BCUT2D eigenvalue weighted by Crippen LogP contribution is -2.40. The summed E-state index contributed by atoms with van der Waals surface area (Å²) in [6.45, 7) is 13.0. The molecule has 2 aromatic rings. The maximum absolute atomic E-state index is 11.9. The van der Waals surface area contributed by atoms with Crippen molar-refractivity contribution in [1.29, 1.82) is 0 Å². The van der Waals surface area contributed by atoms with Crippen LogP contribution in [0.25, 0.3) is 11.0 Å². The number of nitrogens with one attached hydrogen (secondary N) is 1. The number of carbonyl (C=O) groups is 1. The second-order valence-electron chi connectivity index (χ2n) is 11.0. The third-order valence-electron chi connectivity index (χ3n) is 5.52. The number of imidazole rings is 1. The molecule has 160 valence electrons. The van der Waals surface area contributed by atoms with E-state index in [-0.39, 0.29) is 16.9 Å². The van der Waals surface area contributed by atoms with Gasteiger partial charge in [-0.25, -0.2) is 9.78 Å².